The molecule has 0 aliphatic carbocycles. The summed E-state index contributed by atoms with van der Waals surface area (Å²) in [6.07, 6.45) is 1.55. The van der Waals surface area contributed by atoms with E-state index in [0.29, 0.717) is 17.1 Å². The van der Waals surface area contributed by atoms with E-state index in [1.54, 1.807) is 12.3 Å². The summed E-state index contributed by atoms with van der Waals surface area (Å²) in [4.78, 5) is 0. The summed E-state index contributed by atoms with van der Waals surface area (Å²) in [5, 5.41) is 3.23. The summed E-state index contributed by atoms with van der Waals surface area (Å²) < 4.78 is 38.0. The van der Waals surface area contributed by atoms with Gasteiger partial charge in [-0.15, -0.1) is 0 Å². The molecule has 2 aromatic rings. The van der Waals surface area contributed by atoms with Crippen LogP contribution in [0.3, 0.4) is 0 Å². The van der Waals surface area contributed by atoms with Gasteiger partial charge < -0.3 is 14.5 Å². The third-order valence-corrected chi connectivity index (χ3v) is 3.31. The van der Waals surface area contributed by atoms with E-state index in [0.717, 1.165) is 17.4 Å². The van der Waals surface area contributed by atoms with E-state index < -0.39 is 11.6 Å². The molecule has 2 rings (SSSR count). The van der Waals surface area contributed by atoms with Gasteiger partial charge in [-0.05, 0) is 18.2 Å². The molecule has 0 bridgehead atoms. The van der Waals surface area contributed by atoms with Crippen molar-refractivity contribution in [3.05, 3.63) is 51.9 Å². The topological polar surface area (TPSA) is 34.4 Å². The van der Waals surface area contributed by atoms with Crippen molar-refractivity contribution in [1.82, 2.24) is 5.32 Å². The van der Waals surface area contributed by atoms with E-state index in [1.807, 2.05) is 13.8 Å². The Morgan fingerprint density at radius 1 is 1.33 bits per heavy atom. The van der Waals surface area contributed by atoms with Crippen molar-refractivity contribution in [1.29, 1.82) is 0 Å². The van der Waals surface area contributed by atoms with Gasteiger partial charge in [0.2, 0.25) is 5.82 Å². The lowest BCUT2D eigenvalue weighted by molar-refractivity contribution is 0.280. The first-order chi connectivity index (χ1) is 9.97. The van der Waals surface area contributed by atoms with Crippen LogP contribution in [0.2, 0.25) is 0 Å². The molecule has 0 atom stereocenters. The first-order valence-electron chi connectivity index (χ1n) is 6.53. The molecular weight excluding hydrogens is 344 g/mol. The average molecular weight is 360 g/mol. The second-order valence-electron chi connectivity index (χ2n) is 4.89. The molecule has 0 spiro atoms. The number of hydrogen-bond donors (Lipinski definition) is 1. The SMILES string of the molecule is CC(C)NCc1occc1COc1cc(Br)cc(F)c1F. The molecule has 1 aromatic heterocycles. The highest BCUT2D eigenvalue weighted by Gasteiger charge is 2.13. The van der Waals surface area contributed by atoms with Crippen LogP contribution in [0.25, 0.3) is 0 Å². The van der Waals surface area contributed by atoms with Gasteiger partial charge in [-0.25, -0.2) is 4.39 Å². The van der Waals surface area contributed by atoms with Crippen LogP contribution >= 0.6 is 15.9 Å². The van der Waals surface area contributed by atoms with Gasteiger partial charge in [-0.3, -0.25) is 0 Å². The van der Waals surface area contributed by atoms with Crippen molar-refractivity contribution in [2.24, 2.45) is 0 Å². The molecular formula is C15H16BrF2NO2. The van der Waals surface area contributed by atoms with E-state index in [1.165, 1.54) is 6.07 Å². The van der Waals surface area contributed by atoms with Gasteiger partial charge in [0.1, 0.15) is 12.4 Å². The van der Waals surface area contributed by atoms with E-state index in [4.69, 9.17) is 9.15 Å². The summed E-state index contributed by atoms with van der Waals surface area (Å²) in [7, 11) is 0. The third kappa shape index (κ3) is 4.28. The Hall–Kier alpha value is -1.40. The van der Waals surface area contributed by atoms with E-state index in [-0.39, 0.29) is 12.4 Å². The molecule has 6 heteroatoms. The average Bonchev–Trinajstić information content (AvgIpc) is 2.86. The molecule has 0 saturated carbocycles. The van der Waals surface area contributed by atoms with E-state index in [2.05, 4.69) is 21.2 Å². The van der Waals surface area contributed by atoms with Gasteiger partial charge in [0.15, 0.2) is 11.6 Å². The Morgan fingerprint density at radius 3 is 2.81 bits per heavy atom. The molecule has 0 saturated heterocycles. The van der Waals surface area contributed by atoms with Crippen LogP contribution in [0.4, 0.5) is 8.78 Å². The Balaban J connectivity index is 2.05. The predicted octanol–water partition coefficient (Wildman–Crippen LogP) is 4.40. The lowest BCUT2D eigenvalue weighted by Crippen LogP contribution is -2.22. The lowest BCUT2D eigenvalue weighted by atomic mass is 10.2. The Kier molecular flexibility index (Phi) is 5.36. The van der Waals surface area contributed by atoms with Crippen molar-refractivity contribution in [3.8, 4) is 5.75 Å². The molecule has 0 unspecified atom stereocenters. The molecule has 3 nitrogen and oxygen atoms in total. The molecule has 0 aliphatic rings. The first kappa shape index (κ1) is 16.0. The van der Waals surface area contributed by atoms with Crippen LogP contribution in [-0.2, 0) is 13.2 Å². The van der Waals surface area contributed by atoms with Crippen LogP contribution < -0.4 is 10.1 Å². The van der Waals surface area contributed by atoms with Crippen LogP contribution in [0.15, 0.2) is 33.4 Å². The third-order valence-electron chi connectivity index (χ3n) is 2.85. The highest BCUT2D eigenvalue weighted by atomic mass is 79.9. The summed E-state index contributed by atoms with van der Waals surface area (Å²) >= 11 is 3.11. The lowest BCUT2D eigenvalue weighted by Gasteiger charge is -2.10. The van der Waals surface area contributed by atoms with Crippen LogP contribution in [0.1, 0.15) is 25.2 Å². The molecule has 21 heavy (non-hydrogen) atoms. The number of benzene rings is 1. The normalized spacial score (nSPS) is 11.1. The number of rotatable bonds is 6. The van der Waals surface area contributed by atoms with Crippen molar-refractivity contribution in [2.75, 3.05) is 0 Å². The highest BCUT2D eigenvalue weighted by molar-refractivity contribution is 9.10. The molecule has 0 aliphatic heterocycles. The standard InChI is InChI=1S/C15H16BrF2NO2/c1-9(2)19-7-14-10(3-4-20-14)8-21-13-6-11(16)5-12(17)15(13)18/h3-6,9,19H,7-8H2,1-2H3. The molecule has 0 fully saturated rings. The quantitative estimate of drug-likeness (QED) is 0.776. The minimum absolute atomic E-state index is 0.110. The number of halogens is 3. The monoisotopic (exact) mass is 359 g/mol. The summed E-state index contributed by atoms with van der Waals surface area (Å²) in [5.74, 6) is -1.36. The molecule has 114 valence electrons. The van der Waals surface area contributed by atoms with Crippen molar-refractivity contribution in [3.63, 3.8) is 0 Å². The minimum atomic E-state index is -0.997. The minimum Gasteiger partial charge on any atom is -0.486 e. The van der Waals surface area contributed by atoms with Gasteiger partial charge in [0.25, 0.3) is 0 Å². The van der Waals surface area contributed by atoms with Gasteiger partial charge >= 0.3 is 0 Å². The van der Waals surface area contributed by atoms with Crippen LogP contribution in [0, 0.1) is 11.6 Å². The van der Waals surface area contributed by atoms with Crippen molar-refractivity contribution in [2.45, 2.75) is 33.0 Å². The number of ether oxygens (including phenoxy) is 1. The Bertz CT molecular complexity index is 614. The maximum absolute atomic E-state index is 13.6. The molecule has 1 N–H and O–H groups in total. The fourth-order valence-electron chi connectivity index (χ4n) is 1.74. The fraction of sp³-hybridized carbons (Fsp3) is 0.333. The Labute approximate surface area is 130 Å². The summed E-state index contributed by atoms with van der Waals surface area (Å²) in [5.41, 5.74) is 0.794. The van der Waals surface area contributed by atoms with Gasteiger partial charge in [-0.2, -0.15) is 4.39 Å². The molecule has 1 aromatic carbocycles. The zero-order chi connectivity index (χ0) is 15.4. The molecule has 1 heterocycles. The molecule has 0 amide bonds. The summed E-state index contributed by atoms with van der Waals surface area (Å²) in [6.45, 7) is 4.72. The number of furan rings is 1. The second kappa shape index (κ2) is 7.04. The van der Waals surface area contributed by atoms with E-state index >= 15 is 0 Å². The Morgan fingerprint density at radius 2 is 2.10 bits per heavy atom. The van der Waals surface area contributed by atoms with Crippen LogP contribution in [-0.4, -0.2) is 6.04 Å². The maximum atomic E-state index is 13.6. The number of nitrogens with one attached hydrogen (secondary N) is 1. The smallest absolute Gasteiger partial charge is 0.200 e. The van der Waals surface area contributed by atoms with Crippen molar-refractivity contribution < 1.29 is 17.9 Å². The van der Waals surface area contributed by atoms with E-state index in [9.17, 15) is 8.78 Å². The second-order valence-corrected chi connectivity index (χ2v) is 5.81. The molecule has 0 radical (unpaired) electrons. The largest absolute Gasteiger partial charge is 0.486 e. The summed E-state index contributed by atoms with van der Waals surface area (Å²) in [6, 6.07) is 4.52. The highest BCUT2D eigenvalue weighted by Crippen LogP contribution is 2.26. The maximum Gasteiger partial charge on any atom is 0.200 e. The first-order valence-corrected chi connectivity index (χ1v) is 7.32. The van der Waals surface area contributed by atoms with Gasteiger partial charge in [-0.1, -0.05) is 29.8 Å². The van der Waals surface area contributed by atoms with Gasteiger partial charge in [0, 0.05) is 16.1 Å². The predicted molar refractivity (Wildman–Crippen MR) is 79.1 cm³/mol. The number of hydrogen-bond acceptors (Lipinski definition) is 3. The zero-order valence-corrected chi connectivity index (χ0v) is 13.3. The van der Waals surface area contributed by atoms with Gasteiger partial charge in [0.05, 0.1) is 12.8 Å². The van der Waals surface area contributed by atoms with Crippen molar-refractivity contribution >= 4 is 15.9 Å². The zero-order valence-electron chi connectivity index (χ0n) is 11.8. The fourth-order valence-corrected chi connectivity index (χ4v) is 2.15. The van der Waals surface area contributed by atoms with Crippen LogP contribution in [0.5, 0.6) is 5.75 Å².